The van der Waals surface area contributed by atoms with Crippen LogP contribution in [0.4, 0.5) is 0 Å². The molecule has 0 saturated heterocycles. The van der Waals surface area contributed by atoms with Crippen molar-refractivity contribution >= 4 is 19.7 Å². The molecular formula is C73H132N2O7P+. The van der Waals surface area contributed by atoms with Gasteiger partial charge in [0.2, 0.25) is 5.91 Å². The third-order valence-electron chi connectivity index (χ3n) is 15.0. The van der Waals surface area contributed by atoms with E-state index in [1.807, 2.05) is 33.3 Å². The Balaban J connectivity index is 5.11. The van der Waals surface area contributed by atoms with Gasteiger partial charge in [-0.15, -0.1) is 0 Å². The maximum atomic E-state index is 13.6. The van der Waals surface area contributed by atoms with Gasteiger partial charge in [0.25, 0.3) is 0 Å². The van der Waals surface area contributed by atoms with Crippen LogP contribution in [0.5, 0.6) is 0 Å². The third kappa shape index (κ3) is 63.3. The Morgan fingerprint density at radius 1 is 0.434 bits per heavy atom. The molecule has 0 spiro atoms. The molecule has 0 aliphatic heterocycles. The fraction of sp³-hybridized carbons (Fsp3) is 0.753. The number of unbranched alkanes of at least 4 members (excludes halogenated alkanes) is 32. The second kappa shape index (κ2) is 62.0. The van der Waals surface area contributed by atoms with Crippen molar-refractivity contribution in [3.8, 4) is 0 Å². The molecule has 1 amide bonds. The molecule has 0 aromatic carbocycles. The van der Waals surface area contributed by atoms with E-state index in [9.17, 15) is 19.0 Å². The zero-order valence-electron chi connectivity index (χ0n) is 54.9. The number of quaternary nitrogens is 1. The molecule has 0 aliphatic carbocycles. The van der Waals surface area contributed by atoms with E-state index in [1.165, 1.54) is 148 Å². The van der Waals surface area contributed by atoms with E-state index in [2.05, 4.69) is 111 Å². The number of nitrogens with zero attached hydrogens (tertiary/aromatic N) is 1. The first-order valence-electron chi connectivity index (χ1n) is 34.6. The van der Waals surface area contributed by atoms with Crippen LogP contribution in [0.2, 0.25) is 0 Å². The Hall–Kier alpha value is -3.07. The van der Waals surface area contributed by atoms with E-state index in [0.717, 1.165) is 122 Å². The first-order chi connectivity index (χ1) is 40.4. The van der Waals surface area contributed by atoms with Crippen LogP contribution in [0.25, 0.3) is 0 Å². The van der Waals surface area contributed by atoms with E-state index >= 15 is 0 Å². The van der Waals surface area contributed by atoms with Gasteiger partial charge in [-0.2, -0.15) is 0 Å². The number of phosphoric ester groups is 1. The SMILES string of the molecule is CC/C=C\C/C=C\C/C=C\C/C=C\C/C=C\C/C=C\CCCCCCCCC(=O)OC(/C=C/CCCCCCCCCCC)C(COP(=O)(O)OCC[N+](C)(C)C)NC(=O)CCCCCCCCCCCCC/C=C/CCCCCCCC. The Morgan fingerprint density at radius 3 is 1.17 bits per heavy atom. The zero-order chi connectivity index (χ0) is 60.7. The quantitative estimate of drug-likeness (QED) is 0.0205. The summed E-state index contributed by atoms with van der Waals surface area (Å²) in [6, 6.07) is -0.860. The van der Waals surface area contributed by atoms with Gasteiger partial charge in [0.1, 0.15) is 19.3 Å². The second-order valence-corrected chi connectivity index (χ2v) is 25.8. The van der Waals surface area contributed by atoms with Crippen molar-refractivity contribution < 1.29 is 37.3 Å². The fourth-order valence-electron chi connectivity index (χ4n) is 9.70. The van der Waals surface area contributed by atoms with Gasteiger partial charge in [-0.1, -0.05) is 279 Å². The number of amides is 1. The molecule has 0 aliphatic rings. The lowest BCUT2D eigenvalue weighted by molar-refractivity contribution is -0.870. The molecule has 0 bridgehead atoms. The van der Waals surface area contributed by atoms with Crippen molar-refractivity contribution in [3.05, 3.63) is 97.2 Å². The van der Waals surface area contributed by atoms with Gasteiger partial charge in [0, 0.05) is 12.8 Å². The normalized spacial score (nSPS) is 14.2. The molecule has 3 atom stereocenters. The first kappa shape index (κ1) is 79.9. The van der Waals surface area contributed by atoms with Gasteiger partial charge in [-0.3, -0.25) is 18.6 Å². The number of rotatable bonds is 62. The van der Waals surface area contributed by atoms with E-state index in [-0.39, 0.29) is 31.5 Å². The summed E-state index contributed by atoms with van der Waals surface area (Å²) in [5.41, 5.74) is 0. The summed E-state index contributed by atoms with van der Waals surface area (Å²) >= 11 is 0. The van der Waals surface area contributed by atoms with Gasteiger partial charge >= 0.3 is 13.8 Å². The average Bonchev–Trinajstić information content (AvgIpc) is 3.51. The Labute approximate surface area is 513 Å². The predicted molar refractivity (Wildman–Crippen MR) is 360 cm³/mol. The van der Waals surface area contributed by atoms with E-state index < -0.39 is 20.0 Å². The van der Waals surface area contributed by atoms with Crippen molar-refractivity contribution in [1.29, 1.82) is 0 Å². The Bertz CT molecular complexity index is 1740. The Morgan fingerprint density at radius 2 is 0.771 bits per heavy atom. The molecule has 480 valence electrons. The molecule has 0 rings (SSSR count). The van der Waals surface area contributed by atoms with Crippen molar-refractivity contribution in [1.82, 2.24) is 5.32 Å². The molecular weight excluding hydrogens is 1050 g/mol. The lowest BCUT2D eigenvalue weighted by Crippen LogP contribution is -2.47. The van der Waals surface area contributed by atoms with Crippen LogP contribution in [-0.2, 0) is 27.9 Å². The topological polar surface area (TPSA) is 111 Å². The monoisotopic (exact) mass is 1180 g/mol. The molecule has 0 aromatic heterocycles. The summed E-state index contributed by atoms with van der Waals surface area (Å²) in [4.78, 5) is 37.8. The second-order valence-electron chi connectivity index (χ2n) is 24.3. The van der Waals surface area contributed by atoms with Gasteiger partial charge < -0.3 is 19.4 Å². The van der Waals surface area contributed by atoms with E-state index in [4.69, 9.17) is 13.8 Å². The van der Waals surface area contributed by atoms with Crippen LogP contribution in [0.15, 0.2) is 97.2 Å². The minimum absolute atomic E-state index is 0.0340. The molecule has 0 fully saturated rings. The highest BCUT2D eigenvalue weighted by Gasteiger charge is 2.30. The van der Waals surface area contributed by atoms with Gasteiger partial charge in [-0.25, -0.2) is 4.57 Å². The van der Waals surface area contributed by atoms with Crippen molar-refractivity contribution in [2.45, 2.75) is 315 Å². The lowest BCUT2D eigenvalue weighted by atomic mass is 10.0. The number of nitrogens with one attached hydrogen (secondary N) is 1. The summed E-state index contributed by atoms with van der Waals surface area (Å²) in [6.45, 7) is 6.90. The summed E-state index contributed by atoms with van der Waals surface area (Å²) in [5, 5.41) is 3.06. The molecule has 0 radical (unpaired) electrons. The maximum Gasteiger partial charge on any atom is 0.472 e. The predicted octanol–water partition coefficient (Wildman–Crippen LogP) is 21.9. The van der Waals surface area contributed by atoms with Crippen molar-refractivity contribution in [2.75, 3.05) is 40.9 Å². The van der Waals surface area contributed by atoms with Crippen LogP contribution < -0.4 is 5.32 Å². The standard InChI is InChI=1S/C73H131N2O7P/c1-7-10-13-16-19-22-25-27-29-31-33-35-36-37-38-40-42-44-46-48-51-54-57-60-63-66-73(77)82-71(64-61-58-55-52-49-24-21-18-15-12-9-3)70(69-81-83(78,79)80-68-67-75(4,5)6)74-72(76)65-62-59-56-53-50-47-45-43-41-39-34-32-30-28-26-23-20-17-14-11-8-2/h10,13,19,22,27-30,33,35,37-38,42,44,61,64,70-71H,7-9,11-12,14-18,20-21,23-26,31-32,34,36,39-41,43,45-60,62-63,65-69H2,1-6H3,(H-,74,76,78,79)/p+1/b13-10-,22-19-,29-27-,30-28+,35-33-,38-37-,44-42-,64-61+. The van der Waals surface area contributed by atoms with E-state index in [0.29, 0.717) is 17.4 Å². The number of hydrogen-bond acceptors (Lipinski definition) is 6. The molecule has 10 heteroatoms. The first-order valence-corrected chi connectivity index (χ1v) is 36.1. The highest BCUT2D eigenvalue weighted by Crippen LogP contribution is 2.43. The highest BCUT2D eigenvalue weighted by atomic mass is 31.2. The molecule has 0 aromatic rings. The van der Waals surface area contributed by atoms with Crippen LogP contribution in [-0.4, -0.2) is 74.3 Å². The number of allylic oxidation sites excluding steroid dienone is 15. The molecule has 2 N–H and O–H groups in total. The maximum absolute atomic E-state index is 13.6. The Kier molecular flexibility index (Phi) is 59.7. The zero-order valence-corrected chi connectivity index (χ0v) is 55.8. The molecule has 0 saturated carbocycles. The smallest absolute Gasteiger partial charge is 0.456 e. The number of hydrogen-bond donors (Lipinski definition) is 2. The largest absolute Gasteiger partial charge is 0.472 e. The van der Waals surface area contributed by atoms with Crippen molar-refractivity contribution in [3.63, 3.8) is 0 Å². The third-order valence-corrected chi connectivity index (χ3v) is 16.0. The highest BCUT2D eigenvalue weighted by molar-refractivity contribution is 7.47. The fourth-order valence-corrected chi connectivity index (χ4v) is 10.4. The van der Waals surface area contributed by atoms with E-state index in [1.54, 1.807) is 0 Å². The van der Waals surface area contributed by atoms with Gasteiger partial charge in [0.15, 0.2) is 0 Å². The molecule has 9 nitrogen and oxygen atoms in total. The van der Waals surface area contributed by atoms with Crippen LogP contribution in [0.1, 0.15) is 303 Å². The number of esters is 1. The summed E-state index contributed by atoms with van der Waals surface area (Å²) < 4.78 is 30.8. The molecule has 83 heavy (non-hydrogen) atoms. The average molecular weight is 1180 g/mol. The minimum Gasteiger partial charge on any atom is -0.456 e. The number of likely N-dealkylation sites (N-methyl/N-ethyl adjacent to an activating group) is 1. The van der Waals surface area contributed by atoms with Crippen molar-refractivity contribution in [2.24, 2.45) is 0 Å². The number of ether oxygens (including phenoxy) is 1. The number of phosphoric acid groups is 1. The molecule has 3 unspecified atom stereocenters. The van der Waals surface area contributed by atoms with Crippen LogP contribution in [0.3, 0.4) is 0 Å². The summed E-state index contributed by atoms with van der Waals surface area (Å²) in [7, 11) is 1.48. The summed E-state index contributed by atoms with van der Waals surface area (Å²) in [6.07, 6.45) is 84.1. The number of carbonyl (C=O) groups excluding carboxylic acids is 2. The van der Waals surface area contributed by atoms with Gasteiger partial charge in [0.05, 0.1) is 33.8 Å². The number of carbonyl (C=O) groups is 2. The van der Waals surface area contributed by atoms with Gasteiger partial charge in [-0.05, 0) is 109 Å². The summed E-state index contributed by atoms with van der Waals surface area (Å²) in [5.74, 6) is -0.521. The molecule has 0 heterocycles. The van der Waals surface area contributed by atoms with Crippen LogP contribution in [0, 0.1) is 0 Å². The van der Waals surface area contributed by atoms with Crippen LogP contribution >= 0.6 is 7.82 Å². The lowest BCUT2D eigenvalue weighted by Gasteiger charge is -2.27. The minimum atomic E-state index is -4.46.